The zero-order chi connectivity index (χ0) is 19.6. The molecule has 140 valence electrons. The van der Waals surface area contributed by atoms with Crippen LogP contribution >= 0.6 is 0 Å². The molecule has 0 aromatic heterocycles. The highest BCUT2D eigenvalue weighted by Crippen LogP contribution is 2.32. The molecule has 2 aromatic rings. The molecular weight excluding hydrogens is 350 g/mol. The fraction of sp³-hybridized carbons (Fsp3) is 0.263. The zero-order valence-corrected chi connectivity index (χ0v) is 15.0. The SMILES string of the molecule is Cc1ccc([N+](=O)[O-])c(OCC(=O)N2c3ccccc3NC(=O)C[C@@H]2C)c1. The number of nitro benzene ring substituents is 1. The van der Waals surface area contributed by atoms with Crippen LogP contribution in [0.3, 0.4) is 0 Å². The highest BCUT2D eigenvalue weighted by atomic mass is 16.6. The van der Waals surface area contributed by atoms with Gasteiger partial charge in [-0.2, -0.15) is 0 Å². The van der Waals surface area contributed by atoms with Crippen LogP contribution in [0.4, 0.5) is 17.1 Å². The first-order valence-corrected chi connectivity index (χ1v) is 8.45. The summed E-state index contributed by atoms with van der Waals surface area (Å²) in [4.78, 5) is 37.0. The third-order valence-corrected chi connectivity index (χ3v) is 4.29. The van der Waals surface area contributed by atoms with Crippen LogP contribution in [0.25, 0.3) is 0 Å². The van der Waals surface area contributed by atoms with Crippen molar-refractivity contribution in [1.82, 2.24) is 0 Å². The van der Waals surface area contributed by atoms with Crippen molar-refractivity contribution < 1.29 is 19.2 Å². The number of amides is 2. The number of aryl methyl sites for hydroxylation is 1. The Balaban J connectivity index is 1.85. The molecule has 0 bridgehead atoms. The van der Waals surface area contributed by atoms with Crippen LogP contribution in [0, 0.1) is 17.0 Å². The molecule has 1 N–H and O–H groups in total. The van der Waals surface area contributed by atoms with Gasteiger partial charge in [-0.15, -0.1) is 0 Å². The summed E-state index contributed by atoms with van der Waals surface area (Å²) in [6.07, 6.45) is 0.144. The third-order valence-electron chi connectivity index (χ3n) is 4.29. The lowest BCUT2D eigenvalue weighted by Crippen LogP contribution is -2.41. The van der Waals surface area contributed by atoms with Gasteiger partial charge in [-0.3, -0.25) is 19.7 Å². The Morgan fingerprint density at radius 1 is 1.33 bits per heavy atom. The number of nitrogens with zero attached hydrogens (tertiary/aromatic N) is 2. The molecular formula is C19H19N3O5. The summed E-state index contributed by atoms with van der Waals surface area (Å²) in [6, 6.07) is 11.1. The predicted molar refractivity (Wildman–Crippen MR) is 100.0 cm³/mol. The first kappa shape index (κ1) is 18.4. The average molecular weight is 369 g/mol. The first-order chi connectivity index (χ1) is 12.9. The number of rotatable bonds is 4. The molecule has 2 aromatic carbocycles. The summed E-state index contributed by atoms with van der Waals surface area (Å²) in [5.74, 6) is -0.527. The number of anilines is 2. The van der Waals surface area contributed by atoms with E-state index in [9.17, 15) is 19.7 Å². The van der Waals surface area contributed by atoms with Crippen molar-refractivity contribution in [2.45, 2.75) is 26.3 Å². The van der Waals surface area contributed by atoms with E-state index >= 15 is 0 Å². The van der Waals surface area contributed by atoms with Gasteiger partial charge in [0.05, 0.1) is 16.3 Å². The molecule has 0 aliphatic carbocycles. The molecule has 1 heterocycles. The molecule has 2 amide bonds. The van der Waals surface area contributed by atoms with Crippen LogP contribution < -0.4 is 15.0 Å². The summed E-state index contributed by atoms with van der Waals surface area (Å²) in [5, 5.41) is 13.9. The van der Waals surface area contributed by atoms with Gasteiger partial charge in [0.1, 0.15) is 0 Å². The Hall–Kier alpha value is -3.42. The number of hydrogen-bond donors (Lipinski definition) is 1. The number of hydrogen-bond acceptors (Lipinski definition) is 5. The van der Waals surface area contributed by atoms with Gasteiger partial charge in [0.15, 0.2) is 12.4 Å². The van der Waals surface area contributed by atoms with Crippen molar-refractivity contribution in [3.8, 4) is 5.75 Å². The minimum atomic E-state index is -0.550. The Morgan fingerprint density at radius 2 is 2.07 bits per heavy atom. The maximum Gasteiger partial charge on any atom is 0.310 e. The van der Waals surface area contributed by atoms with Crippen LogP contribution in [0.15, 0.2) is 42.5 Å². The van der Waals surface area contributed by atoms with Crippen LogP contribution in [0.2, 0.25) is 0 Å². The second-order valence-corrected chi connectivity index (χ2v) is 6.40. The monoisotopic (exact) mass is 369 g/mol. The van der Waals surface area contributed by atoms with Gasteiger partial charge in [0, 0.05) is 18.5 Å². The van der Waals surface area contributed by atoms with Gasteiger partial charge in [-0.25, -0.2) is 0 Å². The Morgan fingerprint density at radius 3 is 2.81 bits per heavy atom. The zero-order valence-electron chi connectivity index (χ0n) is 15.0. The van der Waals surface area contributed by atoms with Gasteiger partial charge in [-0.1, -0.05) is 18.2 Å². The maximum atomic E-state index is 12.9. The Bertz CT molecular complexity index is 912. The minimum Gasteiger partial charge on any atom is -0.477 e. The highest BCUT2D eigenvalue weighted by Gasteiger charge is 2.30. The Kier molecular flexibility index (Phi) is 5.07. The lowest BCUT2D eigenvalue weighted by atomic mass is 10.1. The first-order valence-electron chi connectivity index (χ1n) is 8.45. The van der Waals surface area contributed by atoms with E-state index in [0.29, 0.717) is 11.4 Å². The summed E-state index contributed by atoms with van der Waals surface area (Å²) in [7, 11) is 0. The number of nitrogens with one attached hydrogen (secondary N) is 1. The number of carbonyl (C=O) groups excluding carboxylic acids is 2. The largest absolute Gasteiger partial charge is 0.477 e. The minimum absolute atomic E-state index is 0.0401. The molecule has 0 saturated carbocycles. The van der Waals surface area contributed by atoms with Crippen molar-refractivity contribution in [2.75, 3.05) is 16.8 Å². The van der Waals surface area contributed by atoms with Crippen LogP contribution in [-0.4, -0.2) is 29.4 Å². The number of carbonyl (C=O) groups is 2. The van der Waals surface area contributed by atoms with Gasteiger partial charge < -0.3 is 15.0 Å². The molecule has 0 spiro atoms. The predicted octanol–water partition coefficient (Wildman–Crippen LogP) is 3.05. The van der Waals surface area contributed by atoms with Crippen LogP contribution in [-0.2, 0) is 9.59 Å². The van der Waals surface area contributed by atoms with E-state index in [4.69, 9.17) is 4.74 Å². The highest BCUT2D eigenvalue weighted by molar-refractivity contribution is 6.04. The summed E-state index contributed by atoms with van der Waals surface area (Å²) in [6.45, 7) is 3.18. The molecule has 8 heteroatoms. The van der Waals surface area contributed by atoms with E-state index in [1.165, 1.54) is 17.0 Å². The number of nitro groups is 1. The molecule has 1 atom stereocenters. The van der Waals surface area contributed by atoms with Crippen molar-refractivity contribution in [1.29, 1.82) is 0 Å². The summed E-state index contributed by atoms with van der Waals surface area (Å²) < 4.78 is 5.49. The van der Waals surface area contributed by atoms with Gasteiger partial charge in [0.2, 0.25) is 5.91 Å². The molecule has 1 aliphatic heterocycles. The molecule has 0 radical (unpaired) electrons. The smallest absolute Gasteiger partial charge is 0.310 e. The standard InChI is InChI=1S/C19H19N3O5/c1-12-7-8-16(22(25)26)17(9-12)27-11-19(24)21-13(2)10-18(23)20-14-5-3-4-6-15(14)21/h3-9,13H,10-11H2,1-2H3,(H,20,23)/t13-/m0/s1. The number of fused-ring (bicyclic) bond motifs is 1. The molecule has 3 rings (SSSR count). The topological polar surface area (TPSA) is 102 Å². The fourth-order valence-corrected chi connectivity index (χ4v) is 3.06. The second-order valence-electron chi connectivity index (χ2n) is 6.40. The van der Waals surface area contributed by atoms with E-state index in [-0.39, 0.29) is 42.3 Å². The van der Waals surface area contributed by atoms with Gasteiger partial charge in [0.25, 0.3) is 5.91 Å². The number of ether oxygens (including phenoxy) is 1. The second kappa shape index (κ2) is 7.45. The molecule has 8 nitrogen and oxygen atoms in total. The quantitative estimate of drug-likeness (QED) is 0.659. The van der Waals surface area contributed by atoms with Gasteiger partial charge in [-0.05, 0) is 37.6 Å². The fourth-order valence-electron chi connectivity index (χ4n) is 3.06. The lowest BCUT2D eigenvalue weighted by Gasteiger charge is -2.27. The lowest BCUT2D eigenvalue weighted by molar-refractivity contribution is -0.385. The maximum absolute atomic E-state index is 12.9. The van der Waals surface area contributed by atoms with Crippen molar-refractivity contribution in [3.05, 3.63) is 58.1 Å². The molecule has 0 saturated heterocycles. The molecule has 1 aliphatic rings. The van der Waals surface area contributed by atoms with Crippen molar-refractivity contribution >= 4 is 28.9 Å². The van der Waals surface area contributed by atoms with E-state index < -0.39 is 4.92 Å². The van der Waals surface area contributed by atoms with Crippen molar-refractivity contribution in [3.63, 3.8) is 0 Å². The van der Waals surface area contributed by atoms with Gasteiger partial charge >= 0.3 is 5.69 Å². The van der Waals surface area contributed by atoms with E-state index in [2.05, 4.69) is 5.32 Å². The van der Waals surface area contributed by atoms with E-state index in [0.717, 1.165) is 5.56 Å². The summed E-state index contributed by atoms with van der Waals surface area (Å²) in [5.41, 5.74) is 1.70. The van der Waals surface area contributed by atoms with E-state index in [1.54, 1.807) is 44.2 Å². The molecule has 0 fully saturated rings. The average Bonchev–Trinajstić information content (AvgIpc) is 2.73. The molecule has 0 unspecified atom stereocenters. The number of benzene rings is 2. The summed E-state index contributed by atoms with van der Waals surface area (Å²) >= 11 is 0. The van der Waals surface area contributed by atoms with Crippen LogP contribution in [0.5, 0.6) is 5.75 Å². The normalized spacial score (nSPS) is 16.1. The Labute approximate surface area is 155 Å². The van der Waals surface area contributed by atoms with Crippen molar-refractivity contribution in [2.24, 2.45) is 0 Å². The van der Waals surface area contributed by atoms with Crippen LogP contribution in [0.1, 0.15) is 18.9 Å². The molecule has 27 heavy (non-hydrogen) atoms. The third kappa shape index (κ3) is 3.89. The van der Waals surface area contributed by atoms with E-state index in [1.807, 2.05) is 0 Å². The number of para-hydroxylation sites is 2.